The summed E-state index contributed by atoms with van der Waals surface area (Å²) in [5.41, 5.74) is 0.983. The lowest BCUT2D eigenvalue weighted by molar-refractivity contribution is -0.384. The van der Waals surface area contributed by atoms with Crippen molar-refractivity contribution in [1.29, 1.82) is 0 Å². The summed E-state index contributed by atoms with van der Waals surface area (Å²) in [6.45, 7) is 1.71. The van der Waals surface area contributed by atoms with Gasteiger partial charge in [-0.05, 0) is 30.2 Å². The Bertz CT molecular complexity index is 1150. The Morgan fingerprint density at radius 3 is 2.70 bits per heavy atom. The average molecular weight is 412 g/mol. The Hall–Kier alpha value is -3.88. The quantitative estimate of drug-likeness (QED) is 0.340. The highest BCUT2D eigenvalue weighted by atomic mass is 16.6. The predicted molar refractivity (Wildman–Crippen MR) is 110 cm³/mol. The number of nitro groups is 1. The van der Waals surface area contributed by atoms with Gasteiger partial charge in [-0.3, -0.25) is 14.9 Å². The third kappa shape index (κ3) is 4.75. The molecule has 0 saturated carbocycles. The summed E-state index contributed by atoms with van der Waals surface area (Å²) in [7, 11) is 1.35. The van der Waals surface area contributed by atoms with E-state index in [0.717, 1.165) is 23.8 Å². The summed E-state index contributed by atoms with van der Waals surface area (Å²) < 4.78 is 15.8. The zero-order chi connectivity index (χ0) is 21.7. The van der Waals surface area contributed by atoms with Crippen LogP contribution in [0.25, 0.3) is 11.0 Å². The molecule has 0 bridgehead atoms. The number of nitrogens with zero attached hydrogens (tertiary/aromatic N) is 1. The number of methoxy groups -OCH3 is 1. The topological polar surface area (TPSA) is 121 Å². The van der Waals surface area contributed by atoms with E-state index in [2.05, 4.69) is 5.32 Å². The van der Waals surface area contributed by atoms with Crippen LogP contribution in [0, 0.1) is 10.1 Å². The van der Waals surface area contributed by atoms with Gasteiger partial charge in [-0.15, -0.1) is 0 Å². The van der Waals surface area contributed by atoms with Crippen molar-refractivity contribution in [1.82, 2.24) is 0 Å². The van der Waals surface area contributed by atoms with Gasteiger partial charge in [-0.25, -0.2) is 4.79 Å². The Balaban J connectivity index is 1.71. The fourth-order valence-corrected chi connectivity index (χ4v) is 3.01. The van der Waals surface area contributed by atoms with Gasteiger partial charge in [0.15, 0.2) is 6.61 Å². The van der Waals surface area contributed by atoms with Gasteiger partial charge in [0.1, 0.15) is 17.1 Å². The van der Waals surface area contributed by atoms with Crippen molar-refractivity contribution < 1.29 is 23.6 Å². The number of ether oxygens (including phenoxy) is 2. The summed E-state index contributed by atoms with van der Waals surface area (Å²) in [6.07, 6.45) is 1.64. The van der Waals surface area contributed by atoms with Crippen molar-refractivity contribution in [3.63, 3.8) is 0 Å². The minimum Gasteiger partial charge on any atom is -0.494 e. The maximum absolute atomic E-state index is 12.2. The van der Waals surface area contributed by atoms with E-state index in [0.29, 0.717) is 11.3 Å². The highest BCUT2D eigenvalue weighted by molar-refractivity contribution is 5.93. The zero-order valence-electron chi connectivity index (χ0n) is 16.5. The van der Waals surface area contributed by atoms with E-state index < -0.39 is 16.5 Å². The number of aryl methyl sites for hydroxylation is 1. The smallest absolute Gasteiger partial charge is 0.336 e. The van der Waals surface area contributed by atoms with Crippen molar-refractivity contribution in [2.45, 2.75) is 19.8 Å². The first kappa shape index (κ1) is 20.8. The molecule has 3 aromatic rings. The maximum Gasteiger partial charge on any atom is 0.336 e. The number of carbonyl (C=O) groups excluding carboxylic acids is 1. The van der Waals surface area contributed by atoms with Gasteiger partial charge in [0.25, 0.3) is 11.6 Å². The zero-order valence-corrected chi connectivity index (χ0v) is 16.5. The molecule has 1 aromatic heterocycles. The SMILES string of the molecule is CCCc1cc(=O)oc2cc(OCC(=O)Nc3ccc([N+](=O)[O-])cc3OC)ccc12. The number of hydrogen-bond acceptors (Lipinski definition) is 7. The maximum atomic E-state index is 12.2. The first-order valence-corrected chi connectivity index (χ1v) is 9.23. The molecule has 0 unspecified atom stereocenters. The number of amides is 1. The number of hydrogen-bond donors (Lipinski definition) is 1. The highest BCUT2D eigenvalue weighted by Crippen LogP contribution is 2.29. The molecule has 1 N–H and O–H groups in total. The Labute approximate surface area is 171 Å². The third-order valence-electron chi connectivity index (χ3n) is 4.36. The molecule has 0 spiro atoms. The van der Waals surface area contributed by atoms with Gasteiger partial charge in [0.05, 0.1) is 23.8 Å². The molecule has 0 radical (unpaired) electrons. The number of benzene rings is 2. The second-order valence-electron chi connectivity index (χ2n) is 6.48. The molecule has 0 saturated heterocycles. The van der Waals surface area contributed by atoms with E-state index >= 15 is 0 Å². The predicted octanol–water partition coefficient (Wildman–Crippen LogP) is 3.68. The number of nitrogens with one attached hydrogen (secondary N) is 1. The van der Waals surface area contributed by atoms with Crippen LogP contribution in [0.15, 0.2) is 51.7 Å². The van der Waals surface area contributed by atoms with E-state index in [1.807, 2.05) is 6.92 Å². The van der Waals surface area contributed by atoms with Crippen LogP contribution >= 0.6 is 0 Å². The number of nitro benzene ring substituents is 1. The van der Waals surface area contributed by atoms with Crippen molar-refractivity contribution >= 4 is 28.3 Å². The van der Waals surface area contributed by atoms with Crippen LogP contribution in [0.1, 0.15) is 18.9 Å². The molecule has 0 atom stereocenters. The number of carbonyl (C=O) groups is 1. The summed E-state index contributed by atoms with van der Waals surface area (Å²) in [5.74, 6) is 0.0435. The largest absolute Gasteiger partial charge is 0.494 e. The van der Waals surface area contributed by atoms with Crippen LogP contribution in [0.5, 0.6) is 11.5 Å². The average Bonchev–Trinajstić information content (AvgIpc) is 2.72. The second-order valence-corrected chi connectivity index (χ2v) is 6.48. The highest BCUT2D eigenvalue weighted by Gasteiger charge is 2.14. The van der Waals surface area contributed by atoms with Crippen molar-refractivity contribution in [2.75, 3.05) is 19.0 Å². The second kappa shape index (κ2) is 9.08. The Morgan fingerprint density at radius 2 is 2.00 bits per heavy atom. The monoisotopic (exact) mass is 412 g/mol. The molecule has 0 fully saturated rings. The molecule has 9 nitrogen and oxygen atoms in total. The van der Waals surface area contributed by atoms with Crippen LogP contribution in [0.2, 0.25) is 0 Å². The first-order chi connectivity index (χ1) is 14.4. The lowest BCUT2D eigenvalue weighted by Crippen LogP contribution is -2.20. The number of anilines is 1. The number of non-ortho nitro benzene ring substituents is 1. The molecule has 1 amide bonds. The molecule has 0 aliphatic heterocycles. The van der Waals surface area contributed by atoms with E-state index in [9.17, 15) is 19.7 Å². The van der Waals surface area contributed by atoms with Crippen molar-refractivity contribution in [2.24, 2.45) is 0 Å². The number of fused-ring (bicyclic) bond motifs is 1. The third-order valence-corrected chi connectivity index (χ3v) is 4.36. The van der Waals surface area contributed by atoms with E-state index in [4.69, 9.17) is 13.9 Å². The van der Waals surface area contributed by atoms with Gasteiger partial charge in [0.2, 0.25) is 0 Å². The Kier molecular flexibility index (Phi) is 6.31. The molecular formula is C21H20N2O7. The van der Waals surface area contributed by atoms with Crippen molar-refractivity contribution in [3.05, 3.63) is 68.6 Å². The van der Waals surface area contributed by atoms with E-state index in [1.54, 1.807) is 18.2 Å². The molecule has 3 rings (SSSR count). The van der Waals surface area contributed by atoms with Gasteiger partial charge in [-0.2, -0.15) is 0 Å². The van der Waals surface area contributed by atoms with E-state index in [1.165, 1.54) is 31.4 Å². The van der Waals surface area contributed by atoms with Crippen LogP contribution in [0.3, 0.4) is 0 Å². The molecule has 9 heteroatoms. The van der Waals surface area contributed by atoms with E-state index in [-0.39, 0.29) is 23.7 Å². The molecule has 1 heterocycles. The molecule has 156 valence electrons. The summed E-state index contributed by atoms with van der Waals surface area (Å²) in [5, 5.41) is 14.3. The number of rotatable bonds is 8. The lowest BCUT2D eigenvalue weighted by Gasteiger charge is -2.11. The summed E-state index contributed by atoms with van der Waals surface area (Å²) in [6, 6.07) is 10.4. The lowest BCUT2D eigenvalue weighted by atomic mass is 10.1. The van der Waals surface area contributed by atoms with Crippen LogP contribution in [-0.4, -0.2) is 24.5 Å². The van der Waals surface area contributed by atoms with Gasteiger partial charge < -0.3 is 19.2 Å². The van der Waals surface area contributed by atoms with Crippen molar-refractivity contribution in [3.8, 4) is 11.5 Å². The molecule has 30 heavy (non-hydrogen) atoms. The minimum atomic E-state index is -0.554. The standard InChI is InChI=1S/C21H20N2O7/c1-3-4-13-9-21(25)30-18-11-15(6-7-16(13)18)29-12-20(24)22-17-8-5-14(23(26)27)10-19(17)28-2/h5-11H,3-4,12H2,1-2H3,(H,22,24). The van der Waals surface area contributed by atoms with Crippen LogP contribution in [0.4, 0.5) is 11.4 Å². The molecular weight excluding hydrogens is 392 g/mol. The summed E-state index contributed by atoms with van der Waals surface area (Å²) >= 11 is 0. The molecule has 2 aromatic carbocycles. The fourth-order valence-electron chi connectivity index (χ4n) is 3.01. The fraction of sp³-hybridized carbons (Fsp3) is 0.238. The summed E-state index contributed by atoms with van der Waals surface area (Å²) in [4.78, 5) is 34.3. The van der Waals surface area contributed by atoms with Crippen LogP contribution < -0.4 is 20.4 Å². The molecule has 0 aliphatic carbocycles. The molecule has 0 aliphatic rings. The first-order valence-electron chi connectivity index (χ1n) is 9.23. The van der Waals surface area contributed by atoms with Gasteiger partial charge in [-0.1, -0.05) is 13.3 Å². The van der Waals surface area contributed by atoms with Gasteiger partial charge >= 0.3 is 5.63 Å². The Morgan fingerprint density at radius 1 is 1.20 bits per heavy atom. The minimum absolute atomic E-state index is 0.152. The van der Waals surface area contributed by atoms with Crippen LogP contribution in [-0.2, 0) is 11.2 Å². The van der Waals surface area contributed by atoms with Gasteiger partial charge in [0, 0.05) is 23.6 Å². The normalized spacial score (nSPS) is 10.6.